The number of nitrogens with one attached hydrogen (secondary N) is 1. The summed E-state index contributed by atoms with van der Waals surface area (Å²) in [5.74, 6) is 0. The second kappa shape index (κ2) is 4.89. The van der Waals surface area contributed by atoms with Gasteiger partial charge in [0.2, 0.25) is 0 Å². The van der Waals surface area contributed by atoms with Crippen molar-refractivity contribution in [3.63, 3.8) is 0 Å². The minimum atomic E-state index is 0.291. The average Bonchev–Trinajstić information content (AvgIpc) is 2.65. The van der Waals surface area contributed by atoms with Gasteiger partial charge < -0.3 is 5.32 Å². The lowest BCUT2D eigenvalue weighted by Crippen LogP contribution is -2.04. The van der Waals surface area contributed by atoms with E-state index in [1.165, 1.54) is 10.4 Å². The Kier molecular flexibility index (Phi) is 3.52. The molecule has 2 rings (SSSR count). The summed E-state index contributed by atoms with van der Waals surface area (Å²) in [5, 5.41) is 3.46. The van der Waals surface area contributed by atoms with Gasteiger partial charge in [-0.25, -0.2) is 0 Å². The first kappa shape index (κ1) is 11.5. The van der Waals surface area contributed by atoms with Crippen molar-refractivity contribution in [3.05, 3.63) is 51.2 Å². The Morgan fingerprint density at radius 2 is 2.06 bits per heavy atom. The van der Waals surface area contributed by atoms with Crippen LogP contribution in [0.15, 0.2) is 36.4 Å². The van der Waals surface area contributed by atoms with Gasteiger partial charge in [0, 0.05) is 10.6 Å². The molecule has 3 heteroatoms. The number of rotatable bonds is 3. The van der Waals surface area contributed by atoms with E-state index in [4.69, 9.17) is 11.6 Å². The molecule has 1 nitrogen and oxygen atoms in total. The number of anilines is 1. The van der Waals surface area contributed by atoms with Gasteiger partial charge in [-0.1, -0.05) is 23.7 Å². The minimum Gasteiger partial charge on any atom is -0.378 e. The molecule has 0 aliphatic heterocycles. The summed E-state index contributed by atoms with van der Waals surface area (Å²) in [6, 6.07) is 12.7. The van der Waals surface area contributed by atoms with Crippen LogP contribution in [0.4, 0.5) is 5.69 Å². The van der Waals surface area contributed by atoms with Gasteiger partial charge in [0.15, 0.2) is 0 Å². The van der Waals surface area contributed by atoms with Crippen LogP contribution in [-0.4, -0.2) is 0 Å². The summed E-state index contributed by atoms with van der Waals surface area (Å²) < 4.78 is 0.841. The molecule has 1 heterocycles. The van der Waals surface area contributed by atoms with Crippen molar-refractivity contribution in [2.45, 2.75) is 19.9 Å². The highest BCUT2D eigenvalue weighted by Gasteiger charge is 2.07. The number of aryl methyl sites for hydroxylation is 1. The van der Waals surface area contributed by atoms with Gasteiger partial charge in [-0.3, -0.25) is 0 Å². The summed E-state index contributed by atoms with van der Waals surface area (Å²) in [7, 11) is 0. The predicted molar refractivity (Wildman–Crippen MR) is 72.5 cm³/mol. The summed E-state index contributed by atoms with van der Waals surface area (Å²) in [6.07, 6.45) is 0. The molecule has 0 saturated heterocycles. The fourth-order valence-corrected chi connectivity index (χ4v) is 2.68. The fraction of sp³-hybridized carbons (Fsp3) is 0.231. The first-order valence-electron chi connectivity index (χ1n) is 5.23. The molecule has 0 bridgehead atoms. The number of thiophene rings is 1. The van der Waals surface area contributed by atoms with E-state index in [9.17, 15) is 0 Å². The van der Waals surface area contributed by atoms with Crippen LogP contribution in [0.3, 0.4) is 0 Å². The highest BCUT2D eigenvalue weighted by Crippen LogP contribution is 2.28. The maximum atomic E-state index is 5.92. The predicted octanol–water partition coefficient (Wildman–Crippen LogP) is 4.88. The number of halogens is 1. The molecule has 1 aromatic carbocycles. The molecule has 1 unspecified atom stereocenters. The average molecular weight is 252 g/mol. The van der Waals surface area contributed by atoms with E-state index in [2.05, 4.69) is 49.5 Å². The van der Waals surface area contributed by atoms with Gasteiger partial charge in [-0.15, -0.1) is 11.3 Å². The van der Waals surface area contributed by atoms with Gasteiger partial charge in [0.05, 0.1) is 10.4 Å². The third kappa shape index (κ3) is 2.77. The topological polar surface area (TPSA) is 12.0 Å². The minimum absolute atomic E-state index is 0.291. The van der Waals surface area contributed by atoms with E-state index in [1.54, 1.807) is 11.3 Å². The molecular formula is C13H14ClNS. The molecule has 0 amide bonds. The number of benzene rings is 1. The normalized spacial score (nSPS) is 12.4. The van der Waals surface area contributed by atoms with Crippen molar-refractivity contribution < 1.29 is 0 Å². The van der Waals surface area contributed by atoms with Gasteiger partial charge in [-0.05, 0) is 43.7 Å². The Hall–Kier alpha value is -0.990. The Labute approximate surface area is 105 Å². The fourth-order valence-electron chi connectivity index (χ4n) is 1.62. The van der Waals surface area contributed by atoms with Crippen LogP contribution in [-0.2, 0) is 0 Å². The van der Waals surface area contributed by atoms with E-state index in [0.29, 0.717) is 6.04 Å². The molecule has 0 radical (unpaired) electrons. The van der Waals surface area contributed by atoms with Gasteiger partial charge in [0.1, 0.15) is 0 Å². The molecule has 0 spiro atoms. The van der Waals surface area contributed by atoms with Gasteiger partial charge in [0.25, 0.3) is 0 Å². The smallest absolute Gasteiger partial charge is 0.0932 e. The van der Waals surface area contributed by atoms with Crippen molar-refractivity contribution >= 4 is 28.6 Å². The van der Waals surface area contributed by atoms with Crippen LogP contribution in [0.2, 0.25) is 4.34 Å². The first-order valence-corrected chi connectivity index (χ1v) is 6.43. The molecule has 0 fully saturated rings. The molecule has 0 aliphatic carbocycles. The number of hydrogen-bond acceptors (Lipinski definition) is 2. The van der Waals surface area contributed by atoms with E-state index in [1.807, 2.05) is 6.07 Å². The highest BCUT2D eigenvalue weighted by atomic mass is 35.5. The second-order valence-electron chi connectivity index (χ2n) is 3.88. The van der Waals surface area contributed by atoms with Gasteiger partial charge in [-0.2, -0.15) is 0 Å². The zero-order valence-corrected chi connectivity index (χ0v) is 10.9. The SMILES string of the molecule is Cc1cccc(NC(C)c2ccc(Cl)s2)c1. The number of hydrogen-bond donors (Lipinski definition) is 1. The van der Waals surface area contributed by atoms with Crippen LogP contribution in [0, 0.1) is 6.92 Å². The molecule has 1 atom stereocenters. The summed E-state index contributed by atoms with van der Waals surface area (Å²) in [4.78, 5) is 1.26. The molecule has 2 aromatic rings. The van der Waals surface area contributed by atoms with Crippen LogP contribution >= 0.6 is 22.9 Å². The Morgan fingerprint density at radius 1 is 1.25 bits per heavy atom. The van der Waals surface area contributed by atoms with Crippen LogP contribution < -0.4 is 5.32 Å². The molecule has 0 saturated carbocycles. The summed E-state index contributed by atoms with van der Waals surface area (Å²) in [5.41, 5.74) is 2.42. The third-order valence-electron chi connectivity index (χ3n) is 2.42. The highest BCUT2D eigenvalue weighted by molar-refractivity contribution is 7.16. The molecular weight excluding hydrogens is 238 g/mol. The van der Waals surface area contributed by atoms with Crippen molar-refractivity contribution in [1.29, 1.82) is 0 Å². The lowest BCUT2D eigenvalue weighted by Gasteiger charge is -2.13. The van der Waals surface area contributed by atoms with E-state index in [0.717, 1.165) is 10.0 Å². The summed E-state index contributed by atoms with van der Waals surface area (Å²) in [6.45, 7) is 4.24. The molecule has 1 aromatic heterocycles. The van der Waals surface area contributed by atoms with Gasteiger partial charge >= 0.3 is 0 Å². The van der Waals surface area contributed by atoms with Crippen molar-refractivity contribution in [3.8, 4) is 0 Å². The molecule has 16 heavy (non-hydrogen) atoms. The third-order valence-corrected chi connectivity index (χ3v) is 3.84. The monoisotopic (exact) mass is 251 g/mol. The van der Waals surface area contributed by atoms with Crippen molar-refractivity contribution in [2.24, 2.45) is 0 Å². The van der Waals surface area contributed by atoms with E-state index in [-0.39, 0.29) is 0 Å². The summed E-state index contributed by atoms with van der Waals surface area (Å²) >= 11 is 7.55. The molecule has 84 valence electrons. The lowest BCUT2D eigenvalue weighted by atomic mass is 10.2. The van der Waals surface area contributed by atoms with Crippen molar-refractivity contribution in [2.75, 3.05) is 5.32 Å². The standard InChI is InChI=1S/C13H14ClNS/c1-9-4-3-5-11(8-9)15-10(2)12-6-7-13(14)16-12/h3-8,10,15H,1-2H3. The Morgan fingerprint density at radius 3 is 2.69 bits per heavy atom. The molecule has 1 N–H and O–H groups in total. The van der Waals surface area contributed by atoms with Crippen molar-refractivity contribution in [1.82, 2.24) is 0 Å². The van der Waals surface area contributed by atoms with E-state index >= 15 is 0 Å². The zero-order valence-electron chi connectivity index (χ0n) is 9.33. The first-order chi connectivity index (χ1) is 7.65. The quantitative estimate of drug-likeness (QED) is 0.820. The zero-order chi connectivity index (χ0) is 11.5. The maximum Gasteiger partial charge on any atom is 0.0932 e. The Bertz CT molecular complexity index is 478. The lowest BCUT2D eigenvalue weighted by molar-refractivity contribution is 0.908. The Balaban J connectivity index is 2.10. The van der Waals surface area contributed by atoms with Crippen LogP contribution in [0.25, 0.3) is 0 Å². The van der Waals surface area contributed by atoms with Crippen LogP contribution in [0.5, 0.6) is 0 Å². The largest absolute Gasteiger partial charge is 0.378 e. The van der Waals surface area contributed by atoms with Crippen LogP contribution in [0.1, 0.15) is 23.4 Å². The second-order valence-corrected chi connectivity index (χ2v) is 5.62. The maximum absolute atomic E-state index is 5.92. The van der Waals surface area contributed by atoms with E-state index < -0.39 is 0 Å². The molecule has 0 aliphatic rings.